The molecule has 1 saturated heterocycles. The molecule has 0 aromatic carbocycles. The van der Waals surface area contributed by atoms with Gasteiger partial charge in [-0.3, -0.25) is 4.79 Å². The lowest BCUT2D eigenvalue weighted by molar-refractivity contribution is -0.117. The van der Waals surface area contributed by atoms with E-state index in [4.69, 9.17) is 22.9 Å². The Kier molecular flexibility index (Phi) is 3.55. The van der Waals surface area contributed by atoms with Crippen LogP contribution in [0.15, 0.2) is 17.2 Å². The van der Waals surface area contributed by atoms with Crippen molar-refractivity contribution >= 4 is 29.0 Å². The summed E-state index contributed by atoms with van der Waals surface area (Å²) in [4.78, 5) is 20.0. The predicted octanol–water partition coefficient (Wildman–Crippen LogP) is 1.98. The summed E-state index contributed by atoms with van der Waals surface area (Å²) in [5, 5.41) is 3.77. The van der Waals surface area contributed by atoms with Gasteiger partial charge in [0.2, 0.25) is 5.91 Å². The molecule has 2 heterocycles. The van der Waals surface area contributed by atoms with Gasteiger partial charge in [0.1, 0.15) is 11.0 Å². The first-order valence-corrected chi connectivity index (χ1v) is 5.73. The molecular weight excluding hydrogens is 256 g/mol. The number of azide groups is 1. The molecule has 7 nitrogen and oxygen atoms in total. The van der Waals surface area contributed by atoms with Gasteiger partial charge >= 0.3 is 0 Å². The second-order valence-corrected chi connectivity index (χ2v) is 4.41. The van der Waals surface area contributed by atoms with E-state index in [-0.39, 0.29) is 22.8 Å². The molecular formula is C10H11ClN6O. The zero-order valence-corrected chi connectivity index (χ0v) is 10.2. The number of carbonyl (C=O) groups is 1. The van der Waals surface area contributed by atoms with Crippen LogP contribution >= 0.6 is 11.6 Å². The molecule has 18 heavy (non-hydrogen) atoms. The normalized spacial score (nSPS) is 18.8. The summed E-state index contributed by atoms with van der Waals surface area (Å²) >= 11 is 5.71. The average molecular weight is 267 g/mol. The number of pyridine rings is 1. The summed E-state index contributed by atoms with van der Waals surface area (Å²) in [7, 11) is 0. The number of amides is 1. The Morgan fingerprint density at radius 3 is 3.11 bits per heavy atom. The largest absolute Gasteiger partial charge is 0.382 e. The van der Waals surface area contributed by atoms with Crippen molar-refractivity contribution < 1.29 is 4.79 Å². The monoisotopic (exact) mass is 266 g/mol. The first-order chi connectivity index (χ1) is 8.61. The molecule has 8 heteroatoms. The topological polar surface area (TPSA) is 108 Å². The molecule has 1 aromatic heterocycles. The van der Waals surface area contributed by atoms with Crippen molar-refractivity contribution in [3.05, 3.63) is 27.7 Å². The van der Waals surface area contributed by atoms with Crippen LogP contribution in [0.4, 0.5) is 11.5 Å². The fourth-order valence-corrected chi connectivity index (χ4v) is 2.11. The number of anilines is 2. The first kappa shape index (κ1) is 12.5. The minimum absolute atomic E-state index is 0.0171. The maximum absolute atomic E-state index is 11.9. The first-order valence-electron chi connectivity index (χ1n) is 5.35. The summed E-state index contributed by atoms with van der Waals surface area (Å²) < 4.78 is 0. The number of hydrogen-bond acceptors (Lipinski definition) is 4. The van der Waals surface area contributed by atoms with Crippen LogP contribution < -0.4 is 10.6 Å². The van der Waals surface area contributed by atoms with Crippen molar-refractivity contribution in [1.82, 2.24) is 4.98 Å². The van der Waals surface area contributed by atoms with E-state index in [0.29, 0.717) is 25.2 Å². The molecule has 1 aromatic rings. The van der Waals surface area contributed by atoms with Crippen LogP contribution in [0.5, 0.6) is 0 Å². The Morgan fingerprint density at radius 2 is 2.44 bits per heavy atom. The van der Waals surface area contributed by atoms with Gasteiger partial charge in [-0.25, -0.2) is 4.98 Å². The molecule has 2 rings (SSSR count). The third-order valence-electron chi connectivity index (χ3n) is 2.77. The van der Waals surface area contributed by atoms with Crippen molar-refractivity contribution in [2.24, 2.45) is 11.0 Å². The minimum atomic E-state index is -0.0519. The van der Waals surface area contributed by atoms with Gasteiger partial charge in [-0.2, -0.15) is 0 Å². The lowest BCUT2D eigenvalue weighted by Crippen LogP contribution is -2.26. The Morgan fingerprint density at radius 1 is 1.67 bits per heavy atom. The highest BCUT2D eigenvalue weighted by Crippen LogP contribution is 2.29. The van der Waals surface area contributed by atoms with Crippen LogP contribution in [0.1, 0.15) is 6.42 Å². The van der Waals surface area contributed by atoms with Gasteiger partial charge in [-0.05, 0) is 23.6 Å². The summed E-state index contributed by atoms with van der Waals surface area (Å²) in [6.45, 7) is 0.783. The van der Waals surface area contributed by atoms with E-state index in [2.05, 4.69) is 15.0 Å². The van der Waals surface area contributed by atoms with E-state index in [9.17, 15) is 4.79 Å². The van der Waals surface area contributed by atoms with Crippen molar-refractivity contribution in [3.8, 4) is 0 Å². The van der Waals surface area contributed by atoms with Gasteiger partial charge in [0.05, 0.1) is 5.69 Å². The fraction of sp³-hybridized carbons (Fsp3) is 0.400. The molecule has 1 unspecified atom stereocenters. The van der Waals surface area contributed by atoms with Gasteiger partial charge in [0.15, 0.2) is 0 Å². The van der Waals surface area contributed by atoms with Crippen molar-refractivity contribution in [3.63, 3.8) is 0 Å². The van der Waals surface area contributed by atoms with E-state index in [1.54, 1.807) is 17.0 Å². The molecule has 1 aliphatic rings. The van der Waals surface area contributed by atoms with E-state index >= 15 is 0 Å². The third-order valence-corrected chi connectivity index (χ3v) is 2.98. The number of nitrogens with two attached hydrogens (primary N) is 1. The highest BCUT2D eigenvalue weighted by Gasteiger charge is 2.31. The minimum Gasteiger partial charge on any atom is -0.382 e. The Balaban J connectivity index is 2.18. The van der Waals surface area contributed by atoms with Crippen LogP contribution in [0.3, 0.4) is 0 Å². The molecule has 2 N–H and O–H groups in total. The molecule has 1 aliphatic heterocycles. The molecule has 0 spiro atoms. The molecule has 94 valence electrons. The number of aromatic nitrogens is 1. The fourth-order valence-electron chi connectivity index (χ4n) is 1.96. The van der Waals surface area contributed by atoms with Crippen molar-refractivity contribution in [2.45, 2.75) is 6.42 Å². The summed E-state index contributed by atoms with van der Waals surface area (Å²) in [5.41, 5.74) is 14.6. The van der Waals surface area contributed by atoms with Gasteiger partial charge in [-0.1, -0.05) is 16.7 Å². The lowest BCUT2D eigenvalue weighted by Gasteiger charge is -2.17. The van der Waals surface area contributed by atoms with Gasteiger partial charge in [0, 0.05) is 24.4 Å². The van der Waals surface area contributed by atoms with Crippen molar-refractivity contribution in [2.75, 3.05) is 23.7 Å². The predicted molar refractivity (Wildman–Crippen MR) is 68.1 cm³/mol. The summed E-state index contributed by atoms with van der Waals surface area (Å²) in [6.07, 6.45) is 0.348. The van der Waals surface area contributed by atoms with Gasteiger partial charge in [-0.15, -0.1) is 0 Å². The SMILES string of the molecule is [N-]=[N+]=NCC1CC(=O)N(c2ccc(Cl)nc2N)C1. The number of rotatable bonds is 3. The highest BCUT2D eigenvalue weighted by atomic mass is 35.5. The molecule has 0 radical (unpaired) electrons. The molecule has 0 saturated carbocycles. The van der Waals surface area contributed by atoms with Crippen LogP contribution in [0.25, 0.3) is 10.4 Å². The third kappa shape index (κ3) is 2.47. The number of halogens is 1. The number of nitrogen functional groups attached to an aromatic ring is 1. The second kappa shape index (κ2) is 5.12. The summed E-state index contributed by atoms with van der Waals surface area (Å²) in [6, 6.07) is 3.25. The molecule has 1 amide bonds. The molecule has 0 bridgehead atoms. The maximum atomic E-state index is 11.9. The maximum Gasteiger partial charge on any atom is 0.227 e. The van der Waals surface area contributed by atoms with E-state index < -0.39 is 0 Å². The zero-order chi connectivity index (χ0) is 13.1. The van der Waals surface area contributed by atoms with Crippen LogP contribution in [-0.2, 0) is 4.79 Å². The Labute approximate surface area is 108 Å². The number of hydrogen-bond donors (Lipinski definition) is 1. The second-order valence-electron chi connectivity index (χ2n) is 4.03. The van der Waals surface area contributed by atoms with E-state index in [1.807, 2.05) is 0 Å². The quantitative estimate of drug-likeness (QED) is 0.391. The zero-order valence-electron chi connectivity index (χ0n) is 9.45. The smallest absolute Gasteiger partial charge is 0.227 e. The number of nitrogens with zero attached hydrogens (tertiary/aromatic N) is 5. The van der Waals surface area contributed by atoms with Crippen LogP contribution in [0.2, 0.25) is 5.15 Å². The molecule has 1 fully saturated rings. The van der Waals surface area contributed by atoms with Gasteiger partial charge < -0.3 is 10.6 Å². The van der Waals surface area contributed by atoms with Crippen LogP contribution in [0, 0.1) is 5.92 Å². The number of carbonyl (C=O) groups excluding carboxylic acids is 1. The molecule has 1 atom stereocenters. The highest BCUT2D eigenvalue weighted by molar-refractivity contribution is 6.29. The van der Waals surface area contributed by atoms with Crippen LogP contribution in [-0.4, -0.2) is 24.0 Å². The van der Waals surface area contributed by atoms with E-state index in [1.165, 1.54) is 0 Å². The average Bonchev–Trinajstić information content (AvgIpc) is 2.68. The van der Waals surface area contributed by atoms with E-state index in [0.717, 1.165) is 0 Å². The van der Waals surface area contributed by atoms with Crippen molar-refractivity contribution in [1.29, 1.82) is 0 Å². The lowest BCUT2D eigenvalue weighted by atomic mass is 10.1. The van der Waals surface area contributed by atoms with Gasteiger partial charge in [0.25, 0.3) is 0 Å². The molecule has 0 aliphatic carbocycles. The summed E-state index contributed by atoms with van der Waals surface area (Å²) in [5.74, 6) is 0.188. The Bertz CT molecular complexity index is 527. The Hall–Kier alpha value is -1.98. The standard InChI is InChI=1S/C10H11ClN6O/c11-8-2-1-7(10(12)15-8)17-5-6(3-9(17)18)4-14-16-13/h1-2,6H,3-5H2,(H2,12,15).